The lowest BCUT2D eigenvalue weighted by atomic mass is 10.1. The molecule has 0 unspecified atom stereocenters. The number of anilines is 1. The fraction of sp³-hybridized carbons (Fsp3) is 0.172. The number of hydrogen-bond donors (Lipinski definition) is 1. The van der Waals surface area contributed by atoms with Crippen LogP contribution in [0.3, 0.4) is 0 Å². The largest absolute Gasteiger partial charge is 0.494 e. The van der Waals surface area contributed by atoms with E-state index in [1.807, 2.05) is 73.7 Å². The third-order valence-corrected chi connectivity index (χ3v) is 5.35. The number of rotatable bonds is 10. The maximum absolute atomic E-state index is 12.0. The van der Waals surface area contributed by atoms with Crippen molar-refractivity contribution in [3.8, 4) is 11.5 Å². The molecule has 4 aromatic rings. The van der Waals surface area contributed by atoms with Gasteiger partial charge in [0.25, 0.3) is 0 Å². The van der Waals surface area contributed by atoms with E-state index in [9.17, 15) is 9.59 Å². The second-order valence-electron chi connectivity index (χ2n) is 8.07. The highest BCUT2D eigenvalue weighted by molar-refractivity contribution is 6.01. The van der Waals surface area contributed by atoms with Crippen LogP contribution in [0.5, 0.6) is 11.5 Å². The van der Waals surface area contributed by atoms with Gasteiger partial charge >= 0.3 is 5.63 Å². The summed E-state index contributed by atoms with van der Waals surface area (Å²) in [4.78, 5) is 23.6. The summed E-state index contributed by atoms with van der Waals surface area (Å²) >= 11 is 0. The number of ether oxygens (including phenoxy) is 2. The number of unbranched alkanes of at least 4 members (excludes halogenated alkanes) is 1. The van der Waals surface area contributed by atoms with E-state index in [0.29, 0.717) is 24.5 Å². The van der Waals surface area contributed by atoms with E-state index < -0.39 is 0 Å². The van der Waals surface area contributed by atoms with Crippen molar-refractivity contribution >= 4 is 28.6 Å². The molecule has 0 aliphatic rings. The molecule has 0 spiro atoms. The number of benzene rings is 3. The van der Waals surface area contributed by atoms with Crippen LogP contribution < -0.4 is 20.4 Å². The van der Waals surface area contributed by atoms with E-state index in [4.69, 9.17) is 13.9 Å². The molecule has 178 valence electrons. The number of carbonyl (C=O) groups is 1. The number of hydrogen-bond acceptors (Lipinski definition) is 5. The van der Waals surface area contributed by atoms with E-state index in [-0.39, 0.29) is 11.5 Å². The van der Waals surface area contributed by atoms with Gasteiger partial charge in [-0.1, -0.05) is 30.3 Å². The van der Waals surface area contributed by atoms with Crippen molar-refractivity contribution in [3.05, 3.63) is 106 Å². The molecule has 0 bridgehead atoms. The van der Waals surface area contributed by atoms with Crippen molar-refractivity contribution in [2.45, 2.75) is 19.8 Å². The molecule has 4 rings (SSSR count). The SMILES string of the molecule is Cc1cc(=O)oc2cc(OCCCCOc3ccc(/C=C/C(=O)Nc4ccccc4)cc3)ccc12. The normalized spacial score (nSPS) is 11.0. The van der Waals surface area contributed by atoms with Crippen molar-refractivity contribution < 1.29 is 18.7 Å². The molecule has 6 nitrogen and oxygen atoms in total. The quantitative estimate of drug-likeness (QED) is 0.175. The zero-order valence-corrected chi connectivity index (χ0v) is 19.5. The number of para-hydroxylation sites is 1. The smallest absolute Gasteiger partial charge is 0.336 e. The van der Waals surface area contributed by atoms with Gasteiger partial charge in [-0.25, -0.2) is 4.79 Å². The first-order valence-corrected chi connectivity index (χ1v) is 11.5. The van der Waals surface area contributed by atoms with Crippen molar-refractivity contribution in [1.29, 1.82) is 0 Å². The minimum atomic E-state index is -0.359. The predicted octanol–water partition coefficient (Wildman–Crippen LogP) is 5.99. The number of amides is 1. The second-order valence-corrected chi connectivity index (χ2v) is 8.07. The Balaban J connectivity index is 1.16. The summed E-state index contributed by atoms with van der Waals surface area (Å²) in [5, 5.41) is 3.72. The zero-order valence-electron chi connectivity index (χ0n) is 19.5. The van der Waals surface area contributed by atoms with Gasteiger partial charge in [0.05, 0.1) is 13.2 Å². The van der Waals surface area contributed by atoms with Gasteiger partial charge in [0.2, 0.25) is 5.91 Å². The van der Waals surface area contributed by atoms with Crippen molar-refractivity contribution in [3.63, 3.8) is 0 Å². The second kappa shape index (κ2) is 11.7. The number of fused-ring (bicyclic) bond motifs is 1. The van der Waals surface area contributed by atoms with Crippen molar-refractivity contribution in [1.82, 2.24) is 0 Å². The van der Waals surface area contributed by atoms with Crippen molar-refractivity contribution in [2.75, 3.05) is 18.5 Å². The Hall–Kier alpha value is -4.32. The Kier molecular flexibility index (Phi) is 7.96. The first-order chi connectivity index (χ1) is 17.1. The summed E-state index contributed by atoms with van der Waals surface area (Å²) in [5.74, 6) is 1.27. The van der Waals surface area contributed by atoms with E-state index in [0.717, 1.165) is 40.8 Å². The average Bonchev–Trinajstić information content (AvgIpc) is 2.86. The summed E-state index contributed by atoms with van der Waals surface area (Å²) < 4.78 is 16.8. The lowest BCUT2D eigenvalue weighted by Gasteiger charge is -2.09. The first-order valence-electron chi connectivity index (χ1n) is 11.5. The Morgan fingerprint density at radius 1 is 0.886 bits per heavy atom. The van der Waals surface area contributed by atoms with Crippen LogP contribution in [0.15, 0.2) is 94.2 Å². The Morgan fingerprint density at radius 3 is 2.31 bits per heavy atom. The predicted molar refractivity (Wildman–Crippen MR) is 138 cm³/mol. The van der Waals surface area contributed by atoms with Crippen LogP contribution in [0.2, 0.25) is 0 Å². The molecule has 0 saturated heterocycles. The molecular formula is C29H27NO5. The van der Waals surface area contributed by atoms with Crippen LogP contribution in [-0.2, 0) is 4.79 Å². The number of nitrogens with one attached hydrogen (secondary N) is 1. The van der Waals surface area contributed by atoms with E-state index in [1.165, 1.54) is 12.1 Å². The van der Waals surface area contributed by atoms with E-state index in [1.54, 1.807) is 12.1 Å². The highest BCUT2D eigenvalue weighted by atomic mass is 16.5. The molecule has 1 heterocycles. The summed E-state index contributed by atoms with van der Waals surface area (Å²) in [5.41, 5.74) is 2.73. The van der Waals surface area contributed by atoms with Crippen LogP contribution in [0.4, 0.5) is 5.69 Å². The van der Waals surface area contributed by atoms with Crippen LogP contribution in [0.1, 0.15) is 24.0 Å². The van der Waals surface area contributed by atoms with Crippen LogP contribution in [0, 0.1) is 6.92 Å². The van der Waals surface area contributed by atoms with Crippen LogP contribution in [-0.4, -0.2) is 19.1 Å². The monoisotopic (exact) mass is 469 g/mol. The molecule has 0 radical (unpaired) electrons. The maximum Gasteiger partial charge on any atom is 0.336 e. The summed E-state index contributed by atoms with van der Waals surface area (Å²) in [6.45, 7) is 3.00. The molecule has 6 heteroatoms. The Morgan fingerprint density at radius 2 is 1.57 bits per heavy atom. The Bertz CT molecular complexity index is 1360. The molecule has 0 saturated carbocycles. The van der Waals surface area contributed by atoms with Gasteiger partial charge in [0, 0.05) is 29.3 Å². The molecule has 1 aromatic heterocycles. The highest BCUT2D eigenvalue weighted by Gasteiger charge is 2.04. The minimum Gasteiger partial charge on any atom is -0.494 e. The molecule has 0 aliphatic heterocycles. The Labute approximate surface area is 203 Å². The molecule has 35 heavy (non-hydrogen) atoms. The zero-order chi connectivity index (χ0) is 24.5. The highest BCUT2D eigenvalue weighted by Crippen LogP contribution is 2.22. The molecule has 1 N–H and O–H groups in total. The topological polar surface area (TPSA) is 77.8 Å². The van der Waals surface area contributed by atoms with Crippen LogP contribution in [0.25, 0.3) is 17.0 Å². The van der Waals surface area contributed by atoms with Crippen molar-refractivity contribution in [2.24, 2.45) is 0 Å². The molecule has 1 amide bonds. The fourth-order valence-electron chi connectivity index (χ4n) is 3.53. The third kappa shape index (κ3) is 7.08. The van der Waals surface area contributed by atoms with Gasteiger partial charge in [-0.05, 0) is 73.4 Å². The standard InChI is InChI=1S/C29H27NO5/c1-21-19-29(32)35-27-20-25(14-15-26(21)27)34-18-6-5-17-33-24-12-9-22(10-13-24)11-16-28(31)30-23-7-3-2-4-8-23/h2-4,7-16,19-20H,5-6,17-18H2,1H3,(H,30,31)/b16-11+. The lowest BCUT2D eigenvalue weighted by molar-refractivity contribution is -0.111. The minimum absolute atomic E-state index is 0.179. The van der Waals surface area contributed by atoms with Gasteiger partial charge in [0.15, 0.2) is 0 Å². The summed E-state index contributed by atoms with van der Waals surface area (Å²) in [6, 6.07) is 23.9. The van der Waals surface area contributed by atoms with Gasteiger partial charge < -0.3 is 19.2 Å². The molecule has 0 aliphatic carbocycles. The number of carbonyl (C=O) groups excluding carboxylic acids is 1. The van der Waals surface area contributed by atoms with Gasteiger partial charge in [-0.15, -0.1) is 0 Å². The first kappa shape index (κ1) is 23.8. The summed E-state index contributed by atoms with van der Waals surface area (Å²) in [7, 11) is 0. The van der Waals surface area contributed by atoms with Gasteiger partial charge in [0.1, 0.15) is 17.1 Å². The molecular weight excluding hydrogens is 442 g/mol. The molecule has 0 atom stereocenters. The number of aryl methyl sites for hydroxylation is 1. The summed E-state index contributed by atoms with van der Waals surface area (Å²) in [6.07, 6.45) is 4.93. The van der Waals surface area contributed by atoms with E-state index >= 15 is 0 Å². The van der Waals surface area contributed by atoms with Crippen LogP contribution >= 0.6 is 0 Å². The molecule has 0 fully saturated rings. The van der Waals surface area contributed by atoms with Gasteiger partial charge in [-0.2, -0.15) is 0 Å². The van der Waals surface area contributed by atoms with Gasteiger partial charge in [-0.3, -0.25) is 4.79 Å². The maximum atomic E-state index is 12.0. The molecule has 3 aromatic carbocycles. The lowest BCUT2D eigenvalue weighted by Crippen LogP contribution is -2.07. The van der Waals surface area contributed by atoms with E-state index in [2.05, 4.69) is 5.32 Å². The third-order valence-electron chi connectivity index (χ3n) is 5.35. The fourth-order valence-corrected chi connectivity index (χ4v) is 3.53. The average molecular weight is 470 g/mol.